The molecule has 0 fully saturated rings. The Kier molecular flexibility index (Phi) is 3.58. The Hall–Kier alpha value is -2.41. The first-order valence-corrected chi connectivity index (χ1v) is 7.17. The predicted octanol–water partition coefficient (Wildman–Crippen LogP) is 2.21. The van der Waals surface area contributed by atoms with Crippen LogP contribution in [0.15, 0.2) is 18.3 Å². The summed E-state index contributed by atoms with van der Waals surface area (Å²) in [5, 5.41) is 10.2. The number of pyridine rings is 1. The molecule has 114 valence electrons. The van der Waals surface area contributed by atoms with Crippen LogP contribution in [0.3, 0.4) is 0 Å². The van der Waals surface area contributed by atoms with Crippen LogP contribution in [0.2, 0.25) is 5.02 Å². The molecular formula is C14H15ClN6O. The minimum atomic E-state index is -0.318. The maximum absolute atomic E-state index is 12.6. The van der Waals surface area contributed by atoms with Crippen molar-refractivity contribution in [2.24, 2.45) is 0 Å². The molecule has 3 aromatic heterocycles. The Morgan fingerprint density at radius 3 is 2.82 bits per heavy atom. The van der Waals surface area contributed by atoms with Crippen LogP contribution < -0.4 is 5.32 Å². The zero-order valence-corrected chi connectivity index (χ0v) is 13.1. The van der Waals surface area contributed by atoms with Crippen molar-refractivity contribution in [1.29, 1.82) is 0 Å². The molecule has 8 heteroatoms. The first-order chi connectivity index (χ1) is 10.5. The first-order valence-electron chi connectivity index (χ1n) is 6.79. The van der Waals surface area contributed by atoms with Crippen molar-refractivity contribution >= 4 is 23.2 Å². The highest BCUT2D eigenvalue weighted by molar-refractivity contribution is 6.30. The molecule has 3 aromatic rings. The average Bonchev–Trinajstić information content (AvgIpc) is 3.01. The summed E-state index contributed by atoms with van der Waals surface area (Å²) in [7, 11) is 0. The van der Waals surface area contributed by atoms with Gasteiger partial charge in [0.1, 0.15) is 17.2 Å². The summed E-state index contributed by atoms with van der Waals surface area (Å²) in [6, 6.07) is 3.19. The molecule has 1 atom stereocenters. The smallest absolute Gasteiger partial charge is 0.270 e. The summed E-state index contributed by atoms with van der Waals surface area (Å²) < 4.78 is 1.68. The van der Waals surface area contributed by atoms with Crippen LogP contribution in [0.1, 0.15) is 40.8 Å². The number of carbonyl (C=O) groups is 1. The number of aromatic nitrogens is 5. The van der Waals surface area contributed by atoms with Gasteiger partial charge in [-0.1, -0.05) is 11.6 Å². The van der Waals surface area contributed by atoms with Gasteiger partial charge in [-0.25, -0.2) is 9.97 Å². The predicted molar refractivity (Wildman–Crippen MR) is 81.9 cm³/mol. The van der Waals surface area contributed by atoms with Gasteiger partial charge in [0.15, 0.2) is 5.82 Å². The quantitative estimate of drug-likeness (QED) is 0.775. The second-order valence-corrected chi connectivity index (χ2v) is 5.53. The maximum atomic E-state index is 12.6. The molecule has 0 saturated heterocycles. The number of imidazole rings is 1. The summed E-state index contributed by atoms with van der Waals surface area (Å²) >= 11 is 6.00. The highest BCUT2D eigenvalue weighted by Crippen LogP contribution is 2.17. The van der Waals surface area contributed by atoms with Gasteiger partial charge >= 0.3 is 0 Å². The largest absolute Gasteiger partial charge is 0.341 e. The van der Waals surface area contributed by atoms with Gasteiger partial charge in [-0.05, 0) is 32.9 Å². The van der Waals surface area contributed by atoms with Crippen LogP contribution in [0.25, 0.3) is 5.65 Å². The number of nitrogens with zero attached hydrogens (tertiary/aromatic N) is 4. The summed E-state index contributed by atoms with van der Waals surface area (Å²) in [6.07, 6.45) is 1.67. The van der Waals surface area contributed by atoms with E-state index in [1.807, 2.05) is 13.8 Å². The van der Waals surface area contributed by atoms with Gasteiger partial charge in [-0.15, -0.1) is 0 Å². The van der Waals surface area contributed by atoms with Gasteiger partial charge in [0.2, 0.25) is 0 Å². The van der Waals surface area contributed by atoms with Gasteiger partial charge in [0.25, 0.3) is 5.91 Å². The van der Waals surface area contributed by atoms with Crippen molar-refractivity contribution in [3.63, 3.8) is 0 Å². The van der Waals surface area contributed by atoms with E-state index in [9.17, 15) is 4.79 Å². The monoisotopic (exact) mass is 318 g/mol. The van der Waals surface area contributed by atoms with Crippen LogP contribution in [-0.4, -0.2) is 30.5 Å². The molecule has 0 radical (unpaired) electrons. The van der Waals surface area contributed by atoms with E-state index in [0.717, 1.165) is 0 Å². The van der Waals surface area contributed by atoms with Crippen molar-refractivity contribution in [3.8, 4) is 0 Å². The average molecular weight is 319 g/mol. The van der Waals surface area contributed by atoms with Gasteiger partial charge in [0, 0.05) is 6.20 Å². The number of nitrogens with one attached hydrogen (secondary N) is 2. The van der Waals surface area contributed by atoms with Crippen molar-refractivity contribution in [1.82, 2.24) is 29.9 Å². The van der Waals surface area contributed by atoms with E-state index in [-0.39, 0.29) is 11.9 Å². The molecule has 3 heterocycles. The van der Waals surface area contributed by atoms with Gasteiger partial charge < -0.3 is 5.32 Å². The minimum absolute atomic E-state index is 0.248. The van der Waals surface area contributed by atoms with Crippen LogP contribution in [-0.2, 0) is 0 Å². The molecule has 2 N–H and O–H groups in total. The highest BCUT2D eigenvalue weighted by atomic mass is 35.5. The fourth-order valence-electron chi connectivity index (χ4n) is 2.29. The Bertz CT molecular complexity index is 852. The molecule has 0 saturated carbocycles. The van der Waals surface area contributed by atoms with Gasteiger partial charge in [0.05, 0.1) is 16.8 Å². The number of H-pyrrole nitrogens is 1. The van der Waals surface area contributed by atoms with E-state index in [1.165, 1.54) is 0 Å². The summed E-state index contributed by atoms with van der Waals surface area (Å²) in [6.45, 7) is 5.42. The maximum Gasteiger partial charge on any atom is 0.270 e. The number of rotatable bonds is 3. The molecule has 7 nitrogen and oxygen atoms in total. The van der Waals surface area contributed by atoms with E-state index in [2.05, 4.69) is 25.5 Å². The molecule has 1 amide bonds. The summed E-state index contributed by atoms with van der Waals surface area (Å²) in [5.74, 6) is 0.992. The number of aromatic amines is 1. The minimum Gasteiger partial charge on any atom is -0.341 e. The molecule has 0 spiro atoms. The van der Waals surface area contributed by atoms with E-state index < -0.39 is 0 Å². The molecule has 0 aromatic carbocycles. The SMILES string of the molecule is Cc1nc(C(C)NC(=O)c2c(C)nc3ccc(Cl)cn23)n[nH]1. The van der Waals surface area contributed by atoms with E-state index >= 15 is 0 Å². The Labute approximate surface area is 131 Å². The number of hydrogen-bond donors (Lipinski definition) is 2. The molecular weight excluding hydrogens is 304 g/mol. The molecule has 1 unspecified atom stereocenters. The first kappa shape index (κ1) is 14.5. The summed E-state index contributed by atoms with van der Waals surface area (Å²) in [4.78, 5) is 21.1. The lowest BCUT2D eigenvalue weighted by Gasteiger charge is -2.11. The number of halogens is 1. The van der Waals surface area contributed by atoms with E-state index in [0.29, 0.717) is 33.7 Å². The normalized spacial score (nSPS) is 12.5. The van der Waals surface area contributed by atoms with Gasteiger partial charge in [-0.3, -0.25) is 14.3 Å². The van der Waals surface area contributed by atoms with Crippen molar-refractivity contribution in [2.75, 3.05) is 0 Å². The van der Waals surface area contributed by atoms with Crippen LogP contribution in [0.5, 0.6) is 0 Å². The topological polar surface area (TPSA) is 88.0 Å². The zero-order chi connectivity index (χ0) is 15.9. The highest BCUT2D eigenvalue weighted by Gasteiger charge is 2.20. The zero-order valence-electron chi connectivity index (χ0n) is 12.4. The lowest BCUT2D eigenvalue weighted by Crippen LogP contribution is -2.29. The van der Waals surface area contributed by atoms with Crippen LogP contribution in [0.4, 0.5) is 0 Å². The molecule has 0 aliphatic carbocycles. The Morgan fingerprint density at radius 1 is 1.36 bits per heavy atom. The fraction of sp³-hybridized carbons (Fsp3) is 0.286. The number of aryl methyl sites for hydroxylation is 2. The fourth-order valence-corrected chi connectivity index (χ4v) is 2.45. The third-order valence-corrected chi connectivity index (χ3v) is 3.54. The van der Waals surface area contributed by atoms with E-state index in [4.69, 9.17) is 11.6 Å². The Morgan fingerprint density at radius 2 is 2.14 bits per heavy atom. The third-order valence-electron chi connectivity index (χ3n) is 3.32. The number of fused-ring (bicyclic) bond motifs is 1. The number of hydrogen-bond acceptors (Lipinski definition) is 4. The van der Waals surface area contributed by atoms with Crippen molar-refractivity contribution < 1.29 is 4.79 Å². The number of amides is 1. The van der Waals surface area contributed by atoms with Crippen LogP contribution in [0, 0.1) is 13.8 Å². The third kappa shape index (κ3) is 2.55. The van der Waals surface area contributed by atoms with Crippen molar-refractivity contribution in [2.45, 2.75) is 26.8 Å². The second-order valence-electron chi connectivity index (χ2n) is 5.10. The molecule has 0 aliphatic rings. The van der Waals surface area contributed by atoms with Gasteiger partial charge in [-0.2, -0.15) is 5.10 Å². The molecule has 0 aliphatic heterocycles. The summed E-state index contributed by atoms with van der Waals surface area (Å²) in [5.41, 5.74) is 1.77. The lowest BCUT2D eigenvalue weighted by atomic mass is 10.2. The second kappa shape index (κ2) is 5.42. The lowest BCUT2D eigenvalue weighted by molar-refractivity contribution is 0.0931. The molecule has 0 bridgehead atoms. The number of carbonyl (C=O) groups excluding carboxylic acids is 1. The Balaban J connectivity index is 1.92. The molecule has 22 heavy (non-hydrogen) atoms. The standard InChI is InChI=1S/C14H15ClN6O/c1-7-12(21-6-10(15)4-5-11(21)16-7)14(22)17-8(2)13-18-9(3)19-20-13/h4-6,8H,1-3H3,(H,17,22)(H,18,19,20). The molecule has 3 rings (SSSR count). The van der Waals surface area contributed by atoms with Crippen LogP contribution >= 0.6 is 11.6 Å². The van der Waals surface area contributed by atoms with E-state index in [1.54, 1.807) is 29.7 Å². The van der Waals surface area contributed by atoms with Crippen molar-refractivity contribution in [3.05, 3.63) is 46.4 Å².